The molecular weight excluding hydrogens is 392 g/mol. The second-order valence-corrected chi connectivity index (χ2v) is 6.35. The number of primary amides is 1. The van der Waals surface area contributed by atoms with Gasteiger partial charge in [0.1, 0.15) is 12.1 Å². The van der Waals surface area contributed by atoms with Crippen molar-refractivity contribution in [2.45, 2.75) is 43.8 Å². The van der Waals surface area contributed by atoms with Crippen molar-refractivity contribution in [3.8, 4) is 0 Å². The summed E-state index contributed by atoms with van der Waals surface area (Å²) in [6.07, 6.45) is 0.975. The van der Waals surface area contributed by atoms with Gasteiger partial charge < -0.3 is 38.3 Å². The third-order valence-electron chi connectivity index (χ3n) is 3.58. The topological polar surface area (TPSA) is 220 Å². The van der Waals surface area contributed by atoms with Crippen LogP contribution in [0.4, 0.5) is 0 Å². The van der Waals surface area contributed by atoms with Crippen molar-refractivity contribution >= 4 is 42.2 Å². The van der Waals surface area contributed by atoms with E-state index in [0.717, 1.165) is 0 Å². The maximum Gasteiger partial charge on any atom is 0.327 e. The number of carbonyl (C=O) groups is 5. The lowest BCUT2D eigenvalue weighted by molar-refractivity contribution is -0.141. The Morgan fingerprint density at radius 3 is 2.14 bits per heavy atom. The van der Waals surface area contributed by atoms with Crippen molar-refractivity contribution in [1.82, 2.24) is 16.0 Å². The highest BCUT2D eigenvalue weighted by Gasteiger charge is 2.25. The molecule has 0 saturated heterocycles. The van der Waals surface area contributed by atoms with E-state index in [-0.39, 0.29) is 18.6 Å². The van der Waals surface area contributed by atoms with Gasteiger partial charge in [-0.25, -0.2) is 4.79 Å². The van der Waals surface area contributed by atoms with E-state index >= 15 is 0 Å². The van der Waals surface area contributed by atoms with Crippen LogP contribution in [0, 0.1) is 0 Å². The molecule has 4 amide bonds. The van der Waals surface area contributed by atoms with Crippen LogP contribution in [-0.4, -0.2) is 71.7 Å². The number of aliphatic carboxylic acids is 1. The minimum atomic E-state index is -1.26. The van der Waals surface area contributed by atoms with Crippen LogP contribution in [0.5, 0.6) is 0 Å². The van der Waals surface area contributed by atoms with Gasteiger partial charge in [0.2, 0.25) is 23.6 Å². The fourth-order valence-corrected chi connectivity index (χ4v) is 2.32. The summed E-state index contributed by atoms with van der Waals surface area (Å²) in [6, 6.07) is -3.41. The van der Waals surface area contributed by atoms with Gasteiger partial charge in [-0.2, -0.15) is 12.6 Å². The molecule has 160 valence electrons. The predicted octanol–water partition coefficient (Wildman–Crippen LogP) is -3.58. The molecule has 3 unspecified atom stereocenters. The summed E-state index contributed by atoms with van der Waals surface area (Å²) in [6.45, 7) is -0.0980. The van der Waals surface area contributed by atoms with Gasteiger partial charge >= 0.3 is 5.97 Å². The second kappa shape index (κ2) is 13.7. The highest BCUT2D eigenvalue weighted by molar-refractivity contribution is 7.80. The third-order valence-corrected chi connectivity index (χ3v) is 3.94. The van der Waals surface area contributed by atoms with Gasteiger partial charge in [0.15, 0.2) is 0 Å². The molecule has 0 aliphatic rings. The van der Waals surface area contributed by atoms with E-state index in [1.54, 1.807) is 0 Å². The number of carbonyl (C=O) groups excluding carboxylic acids is 4. The minimum Gasteiger partial charge on any atom is -0.480 e. The van der Waals surface area contributed by atoms with E-state index in [4.69, 9.17) is 22.3 Å². The van der Waals surface area contributed by atoms with E-state index in [0.29, 0.717) is 19.4 Å². The quantitative estimate of drug-likeness (QED) is 0.103. The van der Waals surface area contributed by atoms with Crippen LogP contribution in [0.15, 0.2) is 0 Å². The van der Waals surface area contributed by atoms with Crippen LogP contribution in [0.1, 0.15) is 25.7 Å². The number of nitrogens with one attached hydrogen (secondary N) is 3. The van der Waals surface area contributed by atoms with Crippen LogP contribution in [0.3, 0.4) is 0 Å². The predicted molar refractivity (Wildman–Crippen MR) is 103 cm³/mol. The fraction of sp³-hybridized carbons (Fsp3) is 0.667. The van der Waals surface area contributed by atoms with Gasteiger partial charge in [-0.15, -0.1) is 0 Å². The fourth-order valence-electron chi connectivity index (χ4n) is 2.07. The second-order valence-electron chi connectivity index (χ2n) is 5.98. The molecule has 10 N–H and O–H groups in total. The standard InChI is InChI=1S/C15H28N6O6S/c16-4-2-1-3-9(21-13(24)8(17)5-11(18)22)14(25)19-6-12(23)20-10(7-28)15(26)27/h8-10,28H,1-7,16-17H2,(H2,18,22)(H,19,25)(H,20,23)(H,21,24)(H,26,27). The van der Waals surface area contributed by atoms with Crippen molar-refractivity contribution in [3.63, 3.8) is 0 Å². The van der Waals surface area contributed by atoms with Crippen LogP contribution < -0.4 is 33.2 Å². The highest BCUT2D eigenvalue weighted by Crippen LogP contribution is 2.02. The van der Waals surface area contributed by atoms with Crippen molar-refractivity contribution in [3.05, 3.63) is 0 Å². The first-order valence-corrected chi connectivity index (χ1v) is 9.20. The average Bonchev–Trinajstić information content (AvgIpc) is 2.62. The normalized spacial score (nSPS) is 13.7. The van der Waals surface area contributed by atoms with Gasteiger partial charge in [0, 0.05) is 5.75 Å². The number of nitrogens with two attached hydrogens (primary N) is 3. The molecule has 0 aromatic carbocycles. The van der Waals surface area contributed by atoms with E-state index in [2.05, 4.69) is 28.6 Å². The lowest BCUT2D eigenvalue weighted by atomic mass is 10.1. The molecule has 0 spiro atoms. The summed E-state index contributed by atoms with van der Waals surface area (Å²) in [5.41, 5.74) is 16.0. The zero-order valence-electron chi connectivity index (χ0n) is 15.3. The van der Waals surface area contributed by atoms with Gasteiger partial charge in [-0.3, -0.25) is 19.2 Å². The van der Waals surface area contributed by atoms with E-state index in [1.165, 1.54) is 0 Å². The summed E-state index contributed by atoms with van der Waals surface area (Å²) < 4.78 is 0. The average molecular weight is 420 g/mol. The number of carboxylic acid groups (broad SMARTS) is 1. The van der Waals surface area contributed by atoms with Crippen LogP contribution in [0.25, 0.3) is 0 Å². The van der Waals surface area contributed by atoms with Gasteiger partial charge in [0.05, 0.1) is 19.0 Å². The highest BCUT2D eigenvalue weighted by atomic mass is 32.1. The Bertz CT molecular complexity index is 575. The molecule has 0 saturated carbocycles. The molecule has 0 aliphatic carbocycles. The first-order chi connectivity index (χ1) is 13.1. The first-order valence-electron chi connectivity index (χ1n) is 8.57. The Hall–Kier alpha value is -2.38. The molecule has 0 rings (SSSR count). The number of rotatable bonds is 14. The molecule has 0 aromatic heterocycles. The maximum atomic E-state index is 12.3. The Balaban J connectivity index is 4.78. The molecular formula is C15H28N6O6S. The molecule has 0 fully saturated rings. The summed E-state index contributed by atoms with van der Waals surface area (Å²) in [7, 11) is 0. The van der Waals surface area contributed by atoms with Crippen molar-refractivity contribution in [1.29, 1.82) is 0 Å². The summed E-state index contributed by atoms with van der Waals surface area (Å²) >= 11 is 3.81. The Kier molecular flexibility index (Phi) is 12.6. The molecule has 0 aliphatic heterocycles. The van der Waals surface area contributed by atoms with Crippen molar-refractivity contribution in [2.75, 3.05) is 18.8 Å². The number of hydrogen-bond donors (Lipinski definition) is 8. The van der Waals surface area contributed by atoms with Gasteiger partial charge in [-0.05, 0) is 25.8 Å². The molecule has 0 heterocycles. The van der Waals surface area contributed by atoms with Crippen LogP contribution in [0.2, 0.25) is 0 Å². The Labute approximate surface area is 167 Å². The smallest absolute Gasteiger partial charge is 0.327 e. The first kappa shape index (κ1) is 25.6. The van der Waals surface area contributed by atoms with Crippen molar-refractivity contribution < 1.29 is 29.1 Å². The number of carboxylic acids is 1. The van der Waals surface area contributed by atoms with Gasteiger partial charge in [0.25, 0.3) is 0 Å². The third kappa shape index (κ3) is 10.7. The van der Waals surface area contributed by atoms with E-state index in [1.807, 2.05) is 0 Å². The maximum absolute atomic E-state index is 12.3. The number of unbranched alkanes of at least 4 members (excludes halogenated alkanes) is 1. The van der Waals surface area contributed by atoms with Crippen LogP contribution >= 0.6 is 12.6 Å². The molecule has 0 bridgehead atoms. The Morgan fingerprint density at radius 2 is 1.64 bits per heavy atom. The minimum absolute atomic E-state index is 0.120. The summed E-state index contributed by atoms with van der Waals surface area (Å²) in [5, 5.41) is 15.8. The van der Waals surface area contributed by atoms with Crippen molar-refractivity contribution in [2.24, 2.45) is 17.2 Å². The zero-order valence-corrected chi connectivity index (χ0v) is 16.2. The Morgan fingerprint density at radius 1 is 1.00 bits per heavy atom. The van der Waals surface area contributed by atoms with E-state index < -0.39 is 54.3 Å². The molecule has 13 heteroatoms. The van der Waals surface area contributed by atoms with E-state index in [9.17, 15) is 24.0 Å². The monoisotopic (exact) mass is 420 g/mol. The summed E-state index contributed by atoms with van der Waals surface area (Å²) in [4.78, 5) is 57.8. The molecule has 12 nitrogen and oxygen atoms in total. The molecule has 0 radical (unpaired) electrons. The summed E-state index contributed by atoms with van der Waals surface area (Å²) in [5.74, 6) is -4.27. The SMILES string of the molecule is NCCCCC(NC(=O)C(N)CC(N)=O)C(=O)NCC(=O)NC(CS)C(=O)O. The lowest BCUT2D eigenvalue weighted by Gasteiger charge is -2.20. The van der Waals surface area contributed by atoms with Gasteiger partial charge in [-0.1, -0.05) is 0 Å². The van der Waals surface area contributed by atoms with Crippen LogP contribution in [-0.2, 0) is 24.0 Å². The zero-order chi connectivity index (χ0) is 21.7. The largest absolute Gasteiger partial charge is 0.480 e. The lowest BCUT2D eigenvalue weighted by Crippen LogP contribution is -2.54. The molecule has 28 heavy (non-hydrogen) atoms. The number of hydrogen-bond acceptors (Lipinski definition) is 8. The molecule has 3 atom stereocenters. The molecule has 0 aromatic rings. The number of thiol groups is 1. The number of amides is 4.